The van der Waals surface area contributed by atoms with Crippen molar-refractivity contribution in [2.45, 2.75) is 19.9 Å². The highest BCUT2D eigenvalue weighted by Crippen LogP contribution is 2.04. The van der Waals surface area contributed by atoms with Crippen LogP contribution in [0.2, 0.25) is 0 Å². The van der Waals surface area contributed by atoms with Gasteiger partial charge in [0.15, 0.2) is 0 Å². The Morgan fingerprint density at radius 3 is 3.00 bits per heavy atom. The third-order valence-electron chi connectivity index (χ3n) is 1.35. The summed E-state index contributed by atoms with van der Waals surface area (Å²) in [5, 5.41) is 9.78. The molecule has 0 fully saturated rings. The molecule has 0 amide bonds. The summed E-state index contributed by atoms with van der Waals surface area (Å²) in [5.74, 6) is 0.526. The molecule has 1 rings (SSSR count). The van der Waals surface area contributed by atoms with Gasteiger partial charge in [-0.3, -0.25) is 0 Å². The molecule has 0 bridgehead atoms. The maximum Gasteiger partial charge on any atom is 0.255 e. The molecular weight excluding hydrogens is 166 g/mol. The van der Waals surface area contributed by atoms with E-state index >= 15 is 0 Å². The van der Waals surface area contributed by atoms with Crippen molar-refractivity contribution in [3.05, 3.63) is 6.20 Å². The number of aromatic nitrogens is 3. The second kappa shape index (κ2) is 3.99. The topological polar surface area (TPSA) is 42.7 Å². The lowest BCUT2D eigenvalue weighted by Crippen LogP contribution is -2.13. The summed E-state index contributed by atoms with van der Waals surface area (Å²) < 4.78 is 25.0. The van der Waals surface area contributed by atoms with Crippen LogP contribution < -0.4 is 5.32 Å². The van der Waals surface area contributed by atoms with Crippen LogP contribution in [0.25, 0.3) is 0 Å². The molecule has 0 radical (unpaired) electrons. The van der Waals surface area contributed by atoms with Gasteiger partial charge in [-0.2, -0.15) is 0 Å². The van der Waals surface area contributed by atoms with E-state index in [0.717, 1.165) is 0 Å². The first-order valence-electron chi connectivity index (χ1n) is 3.64. The molecule has 0 aliphatic heterocycles. The molecule has 4 nitrogen and oxygen atoms in total. The smallest absolute Gasteiger partial charge is 0.255 e. The lowest BCUT2D eigenvalue weighted by Gasteiger charge is -2.05. The Hall–Kier alpha value is -1.20. The van der Waals surface area contributed by atoms with Gasteiger partial charge in [-0.15, -0.1) is 5.10 Å². The van der Waals surface area contributed by atoms with Crippen molar-refractivity contribution in [3.8, 4) is 0 Å². The molecule has 0 spiro atoms. The molecule has 0 aliphatic rings. The third-order valence-corrected chi connectivity index (χ3v) is 1.35. The zero-order valence-corrected chi connectivity index (χ0v) is 6.67. The Balaban J connectivity index is 2.50. The Morgan fingerprint density at radius 1 is 1.67 bits per heavy atom. The molecule has 6 heteroatoms. The van der Waals surface area contributed by atoms with Crippen molar-refractivity contribution in [2.75, 3.05) is 11.9 Å². The van der Waals surface area contributed by atoms with Crippen molar-refractivity contribution >= 4 is 5.82 Å². The van der Waals surface area contributed by atoms with Crippen LogP contribution in [0.15, 0.2) is 6.20 Å². The van der Waals surface area contributed by atoms with Gasteiger partial charge in [0.2, 0.25) is 0 Å². The second-order valence-corrected chi connectivity index (χ2v) is 2.21. The fourth-order valence-corrected chi connectivity index (χ4v) is 0.810. The van der Waals surface area contributed by atoms with Crippen LogP contribution in [-0.2, 0) is 6.54 Å². The van der Waals surface area contributed by atoms with Crippen molar-refractivity contribution < 1.29 is 8.78 Å². The fraction of sp³-hybridized carbons (Fsp3) is 0.667. The number of hydrogen-bond donors (Lipinski definition) is 1. The van der Waals surface area contributed by atoms with Crippen molar-refractivity contribution in [2.24, 2.45) is 0 Å². The maximum atomic E-state index is 11.7. The lowest BCUT2D eigenvalue weighted by molar-refractivity contribution is 0.163. The summed E-state index contributed by atoms with van der Waals surface area (Å²) in [6.45, 7) is 2.11. The number of nitrogens with one attached hydrogen (secondary N) is 1. The van der Waals surface area contributed by atoms with E-state index in [1.807, 2.05) is 6.92 Å². The van der Waals surface area contributed by atoms with Gasteiger partial charge < -0.3 is 5.32 Å². The molecule has 0 saturated heterocycles. The van der Waals surface area contributed by atoms with E-state index in [4.69, 9.17) is 0 Å². The van der Waals surface area contributed by atoms with Crippen LogP contribution in [0, 0.1) is 0 Å². The molecule has 0 unspecified atom stereocenters. The summed E-state index contributed by atoms with van der Waals surface area (Å²) in [6.07, 6.45) is -0.934. The fourth-order valence-electron chi connectivity index (χ4n) is 0.810. The Morgan fingerprint density at radius 2 is 2.42 bits per heavy atom. The van der Waals surface area contributed by atoms with Gasteiger partial charge >= 0.3 is 0 Å². The quantitative estimate of drug-likeness (QED) is 0.743. The first-order chi connectivity index (χ1) is 5.74. The lowest BCUT2D eigenvalue weighted by atomic mass is 10.6. The predicted molar refractivity (Wildman–Crippen MR) is 40.2 cm³/mol. The Labute approximate surface area is 68.6 Å². The summed E-state index contributed by atoms with van der Waals surface area (Å²) in [4.78, 5) is 0. The van der Waals surface area contributed by atoms with E-state index in [1.165, 1.54) is 10.9 Å². The zero-order chi connectivity index (χ0) is 8.97. The van der Waals surface area contributed by atoms with Crippen molar-refractivity contribution in [1.29, 1.82) is 0 Å². The molecule has 12 heavy (non-hydrogen) atoms. The molecule has 1 heterocycles. The maximum absolute atomic E-state index is 11.7. The van der Waals surface area contributed by atoms with Crippen LogP contribution in [0.4, 0.5) is 14.6 Å². The highest BCUT2D eigenvalue weighted by atomic mass is 19.3. The van der Waals surface area contributed by atoms with Crippen molar-refractivity contribution in [3.63, 3.8) is 0 Å². The minimum absolute atomic E-state index is 0.368. The van der Waals surface area contributed by atoms with E-state index in [1.54, 1.807) is 0 Å². The number of halogens is 2. The summed E-state index contributed by atoms with van der Waals surface area (Å²) in [6, 6.07) is 0. The Kier molecular flexibility index (Phi) is 2.95. The van der Waals surface area contributed by atoms with E-state index in [2.05, 4.69) is 15.6 Å². The van der Waals surface area contributed by atoms with Crippen LogP contribution >= 0.6 is 0 Å². The molecule has 0 atom stereocenters. The number of nitrogens with zero attached hydrogens (tertiary/aromatic N) is 3. The zero-order valence-electron chi connectivity index (χ0n) is 6.67. The van der Waals surface area contributed by atoms with E-state index in [0.29, 0.717) is 12.4 Å². The molecule has 68 valence electrons. The highest BCUT2D eigenvalue weighted by Gasteiger charge is 2.04. The van der Waals surface area contributed by atoms with E-state index in [-0.39, 0.29) is 6.54 Å². The number of aryl methyl sites for hydroxylation is 1. The minimum atomic E-state index is -2.36. The predicted octanol–water partition coefficient (Wildman–Crippen LogP) is 0.975. The van der Waals surface area contributed by atoms with Gasteiger partial charge in [0.1, 0.15) is 5.82 Å². The number of hydrogen-bond acceptors (Lipinski definition) is 3. The van der Waals surface area contributed by atoms with Crippen LogP contribution in [-0.4, -0.2) is 28.0 Å². The first-order valence-corrected chi connectivity index (χ1v) is 3.64. The number of rotatable bonds is 4. The van der Waals surface area contributed by atoms with Crippen LogP contribution in [0.5, 0.6) is 0 Å². The monoisotopic (exact) mass is 176 g/mol. The van der Waals surface area contributed by atoms with E-state index < -0.39 is 6.43 Å². The number of anilines is 1. The summed E-state index contributed by atoms with van der Waals surface area (Å²) >= 11 is 0. The standard InChI is InChI=1S/C6H10F2N4/c1-2-12-6(4-10-11-12)9-3-5(7)8/h4-5,9H,2-3H2,1H3. The normalized spacial score (nSPS) is 10.7. The van der Waals surface area contributed by atoms with Gasteiger partial charge in [0.25, 0.3) is 6.43 Å². The first kappa shape index (κ1) is 8.89. The molecular formula is C6H10F2N4. The van der Waals surface area contributed by atoms with Gasteiger partial charge in [-0.05, 0) is 6.92 Å². The average molecular weight is 176 g/mol. The molecule has 1 aromatic heterocycles. The van der Waals surface area contributed by atoms with Crippen molar-refractivity contribution in [1.82, 2.24) is 15.0 Å². The molecule has 1 N–H and O–H groups in total. The second-order valence-electron chi connectivity index (χ2n) is 2.21. The molecule has 0 aromatic carbocycles. The van der Waals surface area contributed by atoms with Crippen LogP contribution in [0.1, 0.15) is 6.92 Å². The van der Waals surface area contributed by atoms with Gasteiger partial charge in [0.05, 0.1) is 12.7 Å². The minimum Gasteiger partial charge on any atom is -0.363 e. The van der Waals surface area contributed by atoms with E-state index in [9.17, 15) is 8.78 Å². The largest absolute Gasteiger partial charge is 0.363 e. The summed E-state index contributed by atoms with van der Waals surface area (Å²) in [5.41, 5.74) is 0. The highest BCUT2D eigenvalue weighted by molar-refractivity contribution is 5.30. The SMILES string of the molecule is CCn1nncc1NCC(F)F. The van der Waals surface area contributed by atoms with Gasteiger partial charge in [-0.1, -0.05) is 5.21 Å². The van der Waals surface area contributed by atoms with Gasteiger partial charge in [0, 0.05) is 6.54 Å². The molecule has 0 aliphatic carbocycles. The third kappa shape index (κ3) is 2.14. The number of alkyl halides is 2. The summed E-state index contributed by atoms with van der Waals surface area (Å²) in [7, 11) is 0. The molecule has 1 aromatic rings. The van der Waals surface area contributed by atoms with Gasteiger partial charge in [-0.25, -0.2) is 13.5 Å². The van der Waals surface area contributed by atoms with Crippen LogP contribution in [0.3, 0.4) is 0 Å². The Bertz CT molecular complexity index is 235. The average Bonchev–Trinajstić information content (AvgIpc) is 2.47. The molecule has 0 saturated carbocycles.